The first-order valence-corrected chi connectivity index (χ1v) is 9.70. The van der Waals surface area contributed by atoms with Crippen LogP contribution in [-0.4, -0.2) is 42.5 Å². The SMILES string of the molecule is O=C1CCN([C@H]2CCCC[C@H]2OCCCC2CCCCC2)C1. The number of ether oxygens (including phenoxy) is 1. The van der Waals surface area contributed by atoms with Gasteiger partial charge in [-0.1, -0.05) is 44.9 Å². The summed E-state index contributed by atoms with van der Waals surface area (Å²) < 4.78 is 6.28. The molecule has 3 nitrogen and oxygen atoms in total. The summed E-state index contributed by atoms with van der Waals surface area (Å²) in [7, 11) is 0. The number of Topliss-reactive ketones (excluding diaryl/α,β-unsaturated/α-hetero) is 1. The first kappa shape index (κ1) is 16.4. The second-order valence-electron chi connectivity index (χ2n) is 7.67. The van der Waals surface area contributed by atoms with Crippen molar-refractivity contribution in [3.63, 3.8) is 0 Å². The molecule has 0 aromatic rings. The predicted molar refractivity (Wildman–Crippen MR) is 89.0 cm³/mol. The summed E-state index contributed by atoms with van der Waals surface area (Å²) in [6.07, 6.45) is 16.0. The van der Waals surface area contributed by atoms with Gasteiger partial charge in [-0.15, -0.1) is 0 Å². The molecule has 0 aromatic heterocycles. The van der Waals surface area contributed by atoms with Gasteiger partial charge < -0.3 is 4.74 Å². The van der Waals surface area contributed by atoms with Gasteiger partial charge in [-0.25, -0.2) is 0 Å². The van der Waals surface area contributed by atoms with E-state index in [1.165, 1.54) is 70.6 Å². The van der Waals surface area contributed by atoms with Crippen LogP contribution in [0.25, 0.3) is 0 Å². The summed E-state index contributed by atoms with van der Waals surface area (Å²) in [6, 6.07) is 0.509. The van der Waals surface area contributed by atoms with E-state index in [4.69, 9.17) is 4.74 Å². The Balaban J connectivity index is 1.38. The minimum Gasteiger partial charge on any atom is -0.377 e. The maximum Gasteiger partial charge on any atom is 0.148 e. The molecule has 3 fully saturated rings. The maximum absolute atomic E-state index is 11.6. The van der Waals surface area contributed by atoms with Gasteiger partial charge in [0.15, 0.2) is 0 Å². The predicted octanol–water partition coefficient (Wildman–Crippen LogP) is 3.95. The Hall–Kier alpha value is -0.410. The Morgan fingerprint density at radius 3 is 2.55 bits per heavy atom. The number of hydrogen-bond acceptors (Lipinski definition) is 3. The van der Waals surface area contributed by atoms with Crippen molar-refractivity contribution < 1.29 is 9.53 Å². The van der Waals surface area contributed by atoms with Gasteiger partial charge in [-0.05, 0) is 31.6 Å². The largest absolute Gasteiger partial charge is 0.377 e. The van der Waals surface area contributed by atoms with E-state index in [-0.39, 0.29) is 0 Å². The van der Waals surface area contributed by atoms with Gasteiger partial charge in [0.25, 0.3) is 0 Å². The second-order valence-corrected chi connectivity index (χ2v) is 7.67. The summed E-state index contributed by atoms with van der Waals surface area (Å²) >= 11 is 0. The van der Waals surface area contributed by atoms with Crippen LogP contribution < -0.4 is 0 Å². The van der Waals surface area contributed by atoms with Gasteiger partial charge >= 0.3 is 0 Å². The summed E-state index contributed by atoms with van der Waals surface area (Å²) in [6.45, 7) is 2.57. The van der Waals surface area contributed by atoms with Crippen molar-refractivity contribution in [2.45, 2.75) is 89.2 Å². The van der Waals surface area contributed by atoms with Crippen molar-refractivity contribution in [3.8, 4) is 0 Å². The van der Waals surface area contributed by atoms with Crippen molar-refractivity contribution >= 4 is 5.78 Å². The molecular formula is C19H33NO2. The van der Waals surface area contributed by atoms with E-state index in [2.05, 4.69) is 4.90 Å². The van der Waals surface area contributed by atoms with E-state index >= 15 is 0 Å². The van der Waals surface area contributed by atoms with Crippen molar-refractivity contribution in [2.24, 2.45) is 5.92 Å². The molecule has 0 N–H and O–H groups in total. The molecule has 0 unspecified atom stereocenters. The fourth-order valence-electron chi connectivity index (χ4n) is 4.71. The molecular weight excluding hydrogens is 274 g/mol. The van der Waals surface area contributed by atoms with Crippen LogP contribution in [0.1, 0.15) is 77.0 Å². The smallest absolute Gasteiger partial charge is 0.148 e. The lowest BCUT2D eigenvalue weighted by atomic mass is 9.86. The third-order valence-corrected chi connectivity index (χ3v) is 6.01. The van der Waals surface area contributed by atoms with Crippen LogP contribution >= 0.6 is 0 Å². The Labute approximate surface area is 135 Å². The van der Waals surface area contributed by atoms with Crippen molar-refractivity contribution in [1.29, 1.82) is 0 Å². The van der Waals surface area contributed by atoms with Crippen LogP contribution in [0.5, 0.6) is 0 Å². The number of carbonyl (C=O) groups excluding carboxylic acids is 1. The molecule has 3 heteroatoms. The molecule has 22 heavy (non-hydrogen) atoms. The van der Waals surface area contributed by atoms with Gasteiger partial charge in [0.2, 0.25) is 0 Å². The molecule has 2 aliphatic carbocycles. The topological polar surface area (TPSA) is 29.5 Å². The fourth-order valence-corrected chi connectivity index (χ4v) is 4.71. The molecule has 0 radical (unpaired) electrons. The third-order valence-electron chi connectivity index (χ3n) is 6.01. The molecule has 1 heterocycles. The quantitative estimate of drug-likeness (QED) is 0.696. The average Bonchev–Trinajstić information content (AvgIpc) is 2.99. The Morgan fingerprint density at radius 2 is 1.77 bits per heavy atom. The van der Waals surface area contributed by atoms with Crippen molar-refractivity contribution in [3.05, 3.63) is 0 Å². The minimum absolute atomic E-state index is 0.381. The van der Waals surface area contributed by atoms with Gasteiger partial charge in [0, 0.05) is 25.6 Å². The zero-order valence-electron chi connectivity index (χ0n) is 14.1. The van der Waals surface area contributed by atoms with Crippen LogP contribution in [0.3, 0.4) is 0 Å². The van der Waals surface area contributed by atoms with E-state index in [0.29, 0.717) is 24.5 Å². The lowest BCUT2D eigenvalue weighted by Gasteiger charge is -2.37. The summed E-state index contributed by atoms with van der Waals surface area (Å²) in [5.74, 6) is 1.39. The highest BCUT2D eigenvalue weighted by Crippen LogP contribution is 2.29. The highest BCUT2D eigenvalue weighted by Gasteiger charge is 2.34. The Kier molecular flexibility index (Phi) is 6.31. The summed E-state index contributed by atoms with van der Waals surface area (Å²) in [5, 5.41) is 0. The normalized spacial score (nSPS) is 31.7. The molecule has 1 aliphatic heterocycles. The first-order valence-electron chi connectivity index (χ1n) is 9.70. The lowest BCUT2D eigenvalue weighted by Crippen LogP contribution is -2.45. The molecule has 0 amide bonds. The van der Waals surface area contributed by atoms with Crippen molar-refractivity contribution in [2.75, 3.05) is 19.7 Å². The van der Waals surface area contributed by atoms with Crippen LogP contribution in [0.4, 0.5) is 0 Å². The summed E-state index contributed by atoms with van der Waals surface area (Å²) in [5.41, 5.74) is 0. The van der Waals surface area contributed by atoms with E-state index in [0.717, 1.165) is 25.5 Å². The molecule has 126 valence electrons. The number of hydrogen-bond donors (Lipinski definition) is 0. The van der Waals surface area contributed by atoms with Gasteiger partial charge in [0.1, 0.15) is 5.78 Å². The van der Waals surface area contributed by atoms with Gasteiger partial charge in [0.05, 0.1) is 12.6 Å². The summed E-state index contributed by atoms with van der Waals surface area (Å²) in [4.78, 5) is 14.0. The average molecular weight is 307 g/mol. The fraction of sp³-hybridized carbons (Fsp3) is 0.947. The van der Waals surface area contributed by atoms with E-state index in [1.54, 1.807) is 0 Å². The van der Waals surface area contributed by atoms with Crippen LogP contribution in [0.2, 0.25) is 0 Å². The highest BCUT2D eigenvalue weighted by atomic mass is 16.5. The van der Waals surface area contributed by atoms with E-state index < -0.39 is 0 Å². The zero-order valence-corrected chi connectivity index (χ0v) is 14.1. The first-order chi connectivity index (χ1) is 10.8. The van der Waals surface area contributed by atoms with Gasteiger partial charge in [-0.3, -0.25) is 9.69 Å². The Morgan fingerprint density at radius 1 is 1.00 bits per heavy atom. The molecule has 2 atom stereocenters. The molecule has 0 spiro atoms. The Bertz CT molecular complexity index is 351. The standard InChI is InChI=1S/C19H33NO2/c21-17-12-13-20(15-17)18-10-4-5-11-19(18)22-14-6-9-16-7-2-1-3-8-16/h16,18-19H,1-15H2/t18-,19+/m0/s1. The number of carbonyl (C=O) groups is 1. The molecule has 1 saturated heterocycles. The number of nitrogens with zero attached hydrogens (tertiary/aromatic N) is 1. The van der Waals surface area contributed by atoms with E-state index in [1.807, 2.05) is 0 Å². The highest BCUT2D eigenvalue weighted by molar-refractivity contribution is 5.82. The zero-order chi connectivity index (χ0) is 15.2. The molecule has 0 aromatic carbocycles. The maximum atomic E-state index is 11.6. The van der Waals surface area contributed by atoms with Crippen LogP contribution in [0, 0.1) is 5.92 Å². The molecule has 3 rings (SSSR count). The number of ketones is 1. The minimum atomic E-state index is 0.381. The molecule has 3 aliphatic rings. The van der Waals surface area contributed by atoms with Crippen LogP contribution in [0.15, 0.2) is 0 Å². The number of rotatable bonds is 6. The second kappa shape index (κ2) is 8.44. The number of likely N-dealkylation sites (tertiary alicyclic amines) is 1. The lowest BCUT2D eigenvalue weighted by molar-refractivity contribution is -0.117. The molecule has 0 bridgehead atoms. The van der Waals surface area contributed by atoms with Crippen molar-refractivity contribution in [1.82, 2.24) is 4.90 Å². The van der Waals surface area contributed by atoms with E-state index in [9.17, 15) is 4.79 Å². The van der Waals surface area contributed by atoms with Crippen LogP contribution in [-0.2, 0) is 9.53 Å². The van der Waals surface area contributed by atoms with Gasteiger partial charge in [-0.2, -0.15) is 0 Å². The monoisotopic (exact) mass is 307 g/mol. The molecule has 2 saturated carbocycles. The third kappa shape index (κ3) is 4.55.